The van der Waals surface area contributed by atoms with Gasteiger partial charge in [-0.2, -0.15) is 0 Å². The summed E-state index contributed by atoms with van der Waals surface area (Å²) in [4.78, 5) is 15.4. The molecule has 3 aromatic rings. The molecule has 23 heavy (non-hydrogen) atoms. The largest absolute Gasteiger partial charge is 0.489 e. The van der Waals surface area contributed by atoms with Gasteiger partial charge in [-0.15, -0.1) is 0 Å². The molecule has 0 aliphatic rings. The van der Waals surface area contributed by atoms with Gasteiger partial charge < -0.3 is 15.0 Å². The van der Waals surface area contributed by atoms with E-state index in [0.717, 1.165) is 0 Å². The van der Waals surface area contributed by atoms with Crippen LogP contribution < -0.4 is 10.1 Å². The average molecular weight is 312 g/mol. The van der Waals surface area contributed by atoms with Crippen molar-refractivity contribution in [2.45, 2.75) is 20.0 Å². The van der Waals surface area contributed by atoms with Gasteiger partial charge in [0.2, 0.25) is 0 Å². The summed E-state index contributed by atoms with van der Waals surface area (Å²) in [5, 5.41) is 3.52. The van der Waals surface area contributed by atoms with Crippen molar-refractivity contribution >= 4 is 22.5 Å². The molecule has 2 aromatic carbocycles. The maximum absolute atomic E-state index is 13.2. The lowest BCUT2D eigenvalue weighted by molar-refractivity contribution is 0.102. The number of ether oxygens (including phenoxy) is 1. The van der Waals surface area contributed by atoms with Crippen LogP contribution in [-0.4, -0.2) is 17.0 Å². The van der Waals surface area contributed by atoms with Crippen LogP contribution in [0.25, 0.3) is 10.9 Å². The van der Waals surface area contributed by atoms with Crippen molar-refractivity contribution in [3.63, 3.8) is 0 Å². The monoisotopic (exact) mass is 312 g/mol. The van der Waals surface area contributed by atoms with Crippen LogP contribution >= 0.6 is 0 Å². The van der Waals surface area contributed by atoms with Gasteiger partial charge in [0, 0.05) is 17.1 Å². The summed E-state index contributed by atoms with van der Waals surface area (Å²) in [5.41, 5.74) is 1.64. The highest BCUT2D eigenvalue weighted by Crippen LogP contribution is 2.27. The van der Waals surface area contributed by atoms with E-state index in [1.807, 2.05) is 26.0 Å². The summed E-state index contributed by atoms with van der Waals surface area (Å²) >= 11 is 0. The van der Waals surface area contributed by atoms with Crippen LogP contribution in [0, 0.1) is 5.82 Å². The zero-order valence-corrected chi connectivity index (χ0v) is 12.9. The van der Waals surface area contributed by atoms with Gasteiger partial charge in [-0.1, -0.05) is 12.1 Å². The molecular formula is C18H17FN2O2. The van der Waals surface area contributed by atoms with Gasteiger partial charge in [0.15, 0.2) is 0 Å². The van der Waals surface area contributed by atoms with Crippen LogP contribution in [0.1, 0.15) is 24.2 Å². The van der Waals surface area contributed by atoms with Crippen molar-refractivity contribution in [2.75, 3.05) is 5.32 Å². The fourth-order valence-corrected chi connectivity index (χ4v) is 2.40. The van der Waals surface area contributed by atoms with Crippen LogP contribution in [-0.2, 0) is 0 Å². The summed E-state index contributed by atoms with van der Waals surface area (Å²) in [6.07, 6.45) is 1.58. The van der Waals surface area contributed by atoms with Gasteiger partial charge >= 0.3 is 0 Å². The minimum atomic E-state index is -0.345. The van der Waals surface area contributed by atoms with E-state index in [0.29, 0.717) is 27.9 Å². The number of H-pyrrole nitrogens is 1. The first kappa shape index (κ1) is 15.1. The normalized spacial score (nSPS) is 11.0. The molecule has 4 nitrogen and oxygen atoms in total. The fraction of sp³-hybridized carbons (Fsp3) is 0.167. The standard InChI is InChI=1S/C18H17FN2O2/c1-11(2)23-17-6-4-3-5-15(17)21-18(22)14-10-20-16-9-12(19)7-8-13(14)16/h3-11,20H,1-2H3,(H,21,22). The third-order valence-corrected chi connectivity index (χ3v) is 3.39. The number of hydrogen-bond acceptors (Lipinski definition) is 2. The van der Waals surface area contributed by atoms with Gasteiger partial charge in [0.1, 0.15) is 11.6 Å². The molecule has 1 aromatic heterocycles. The Bertz CT molecular complexity index is 855. The van der Waals surface area contributed by atoms with E-state index in [1.165, 1.54) is 12.1 Å². The van der Waals surface area contributed by atoms with Crippen LogP contribution in [0.3, 0.4) is 0 Å². The highest BCUT2D eigenvalue weighted by Gasteiger charge is 2.15. The molecule has 1 heterocycles. The van der Waals surface area contributed by atoms with E-state index < -0.39 is 0 Å². The number of amides is 1. The number of carbonyl (C=O) groups excluding carboxylic acids is 1. The quantitative estimate of drug-likeness (QED) is 0.752. The first-order valence-corrected chi connectivity index (χ1v) is 7.38. The molecule has 0 atom stereocenters. The molecular weight excluding hydrogens is 295 g/mol. The number of fused-ring (bicyclic) bond motifs is 1. The van der Waals surface area contributed by atoms with Gasteiger partial charge in [0.25, 0.3) is 5.91 Å². The van der Waals surface area contributed by atoms with Crippen LogP contribution in [0.5, 0.6) is 5.75 Å². The molecule has 0 radical (unpaired) electrons. The Morgan fingerprint density at radius 3 is 2.78 bits per heavy atom. The van der Waals surface area contributed by atoms with Crippen molar-refractivity contribution in [3.8, 4) is 5.75 Å². The number of benzene rings is 2. The molecule has 3 rings (SSSR count). The van der Waals surface area contributed by atoms with Crippen molar-refractivity contribution in [3.05, 3.63) is 60.0 Å². The Morgan fingerprint density at radius 2 is 2.00 bits per heavy atom. The van der Waals surface area contributed by atoms with Crippen molar-refractivity contribution < 1.29 is 13.9 Å². The van der Waals surface area contributed by atoms with Crippen molar-refractivity contribution in [1.82, 2.24) is 4.98 Å². The number of hydrogen-bond donors (Lipinski definition) is 2. The molecule has 118 valence electrons. The van der Waals surface area contributed by atoms with Crippen LogP contribution in [0.2, 0.25) is 0 Å². The van der Waals surface area contributed by atoms with Crippen molar-refractivity contribution in [2.24, 2.45) is 0 Å². The number of anilines is 1. The Morgan fingerprint density at radius 1 is 1.22 bits per heavy atom. The zero-order valence-electron chi connectivity index (χ0n) is 12.9. The lowest BCUT2D eigenvalue weighted by Gasteiger charge is -2.14. The van der Waals surface area contributed by atoms with E-state index in [4.69, 9.17) is 4.74 Å². The van der Waals surface area contributed by atoms with Gasteiger partial charge in [0.05, 0.1) is 17.4 Å². The number of para-hydroxylation sites is 2. The van der Waals surface area contributed by atoms with Gasteiger partial charge in [-0.3, -0.25) is 4.79 Å². The number of carbonyl (C=O) groups is 1. The predicted molar refractivity (Wildman–Crippen MR) is 88.4 cm³/mol. The third kappa shape index (κ3) is 3.18. The molecule has 0 spiro atoms. The third-order valence-electron chi connectivity index (χ3n) is 3.39. The second kappa shape index (κ2) is 6.12. The maximum Gasteiger partial charge on any atom is 0.257 e. The van der Waals surface area contributed by atoms with E-state index in [2.05, 4.69) is 10.3 Å². The summed E-state index contributed by atoms with van der Waals surface area (Å²) in [7, 11) is 0. The SMILES string of the molecule is CC(C)Oc1ccccc1NC(=O)c1c[nH]c2cc(F)ccc12. The summed E-state index contributed by atoms with van der Waals surface area (Å²) in [5.74, 6) is -0.00797. The zero-order chi connectivity index (χ0) is 16.4. The summed E-state index contributed by atoms with van der Waals surface area (Å²) in [6.45, 7) is 3.85. The second-order valence-corrected chi connectivity index (χ2v) is 5.51. The fourth-order valence-electron chi connectivity index (χ4n) is 2.40. The Hall–Kier alpha value is -2.82. The highest BCUT2D eigenvalue weighted by atomic mass is 19.1. The molecule has 5 heteroatoms. The maximum atomic E-state index is 13.2. The first-order chi connectivity index (χ1) is 11.0. The molecule has 0 saturated carbocycles. The molecule has 0 aliphatic carbocycles. The van der Waals surface area contributed by atoms with Gasteiger partial charge in [-0.25, -0.2) is 4.39 Å². The molecule has 0 unspecified atom stereocenters. The summed E-state index contributed by atoms with van der Waals surface area (Å²) < 4.78 is 18.9. The Labute approximate surface area is 133 Å². The predicted octanol–water partition coefficient (Wildman–Crippen LogP) is 4.35. The first-order valence-electron chi connectivity index (χ1n) is 7.38. The average Bonchev–Trinajstić information content (AvgIpc) is 2.91. The number of aromatic nitrogens is 1. The number of halogens is 1. The van der Waals surface area contributed by atoms with Crippen LogP contribution in [0.4, 0.5) is 10.1 Å². The number of aromatic amines is 1. The molecule has 0 aliphatic heterocycles. The highest BCUT2D eigenvalue weighted by molar-refractivity contribution is 6.13. The van der Waals surface area contributed by atoms with Crippen LogP contribution in [0.15, 0.2) is 48.7 Å². The second-order valence-electron chi connectivity index (χ2n) is 5.51. The molecule has 2 N–H and O–H groups in total. The molecule has 0 bridgehead atoms. The van der Waals surface area contributed by atoms with Gasteiger partial charge in [-0.05, 0) is 44.2 Å². The lowest BCUT2D eigenvalue weighted by atomic mass is 10.1. The van der Waals surface area contributed by atoms with E-state index in [-0.39, 0.29) is 17.8 Å². The molecule has 0 fully saturated rings. The minimum Gasteiger partial charge on any atom is -0.489 e. The summed E-state index contributed by atoms with van der Waals surface area (Å²) in [6, 6.07) is 11.6. The van der Waals surface area contributed by atoms with E-state index in [1.54, 1.807) is 24.4 Å². The Balaban J connectivity index is 1.89. The number of nitrogens with one attached hydrogen (secondary N) is 2. The lowest BCUT2D eigenvalue weighted by Crippen LogP contribution is -2.14. The Kier molecular flexibility index (Phi) is 4.02. The van der Waals surface area contributed by atoms with E-state index >= 15 is 0 Å². The van der Waals surface area contributed by atoms with Crippen molar-refractivity contribution in [1.29, 1.82) is 0 Å². The van der Waals surface area contributed by atoms with E-state index in [9.17, 15) is 9.18 Å². The minimum absolute atomic E-state index is 0.00381. The number of rotatable bonds is 4. The topological polar surface area (TPSA) is 54.1 Å². The molecule has 1 amide bonds. The molecule has 0 saturated heterocycles. The smallest absolute Gasteiger partial charge is 0.257 e.